The second kappa shape index (κ2) is 10.5. The number of rotatable bonds is 7. The molecule has 1 atom stereocenters. The zero-order chi connectivity index (χ0) is 27.6. The van der Waals surface area contributed by atoms with Gasteiger partial charge in [0.05, 0.1) is 28.9 Å². The summed E-state index contributed by atoms with van der Waals surface area (Å²) in [6, 6.07) is 39.8. The molecule has 0 bridgehead atoms. The van der Waals surface area contributed by atoms with E-state index >= 15 is 4.39 Å². The first-order valence-electron chi connectivity index (χ1n) is 12.9. The minimum Gasteiger partial charge on any atom is -0.373 e. The van der Waals surface area contributed by atoms with Gasteiger partial charge in [0.2, 0.25) is 0 Å². The van der Waals surface area contributed by atoms with E-state index in [4.69, 9.17) is 11.6 Å². The average Bonchev–Trinajstić information content (AvgIpc) is 3.52. The van der Waals surface area contributed by atoms with Crippen LogP contribution in [0.2, 0.25) is 5.02 Å². The number of halogens is 2. The highest BCUT2D eigenvalue weighted by Crippen LogP contribution is 2.46. The van der Waals surface area contributed by atoms with Crippen LogP contribution in [-0.4, -0.2) is 19.6 Å². The van der Waals surface area contributed by atoms with Crippen molar-refractivity contribution in [3.63, 3.8) is 0 Å². The van der Waals surface area contributed by atoms with Crippen LogP contribution in [0.5, 0.6) is 0 Å². The first kappa shape index (κ1) is 25.7. The van der Waals surface area contributed by atoms with E-state index < -0.39 is 17.0 Å². The van der Waals surface area contributed by atoms with Gasteiger partial charge in [-0.1, -0.05) is 121 Å². The summed E-state index contributed by atoms with van der Waals surface area (Å²) in [5.41, 5.74) is 0.294. The Kier molecular flexibility index (Phi) is 6.76. The Morgan fingerprint density at radius 2 is 1.23 bits per heavy atom. The first-order valence-corrected chi connectivity index (χ1v) is 13.2. The summed E-state index contributed by atoms with van der Waals surface area (Å²) in [7, 11) is 0. The summed E-state index contributed by atoms with van der Waals surface area (Å²) in [5, 5.41) is 12.7. The van der Waals surface area contributed by atoms with E-state index in [1.165, 1.54) is 12.1 Å². The molecular weight excluding hydrogens is 521 g/mol. The topological polar surface area (TPSA) is 50.9 Å². The Hall–Kier alpha value is -4.58. The van der Waals surface area contributed by atoms with Crippen LogP contribution in [0.1, 0.15) is 33.6 Å². The van der Waals surface area contributed by atoms with E-state index in [2.05, 4.69) is 9.97 Å². The molecular formula is C34H25ClFN3O. The predicted octanol–water partition coefficient (Wildman–Crippen LogP) is 7.20. The van der Waals surface area contributed by atoms with Crippen molar-refractivity contribution < 1.29 is 9.50 Å². The number of aliphatic hydroxyl groups is 1. The molecule has 6 rings (SSSR count). The summed E-state index contributed by atoms with van der Waals surface area (Å²) < 4.78 is 17.7. The molecule has 0 amide bonds. The Balaban J connectivity index is 1.77. The third-order valence-corrected chi connectivity index (χ3v) is 7.61. The van der Waals surface area contributed by atoms with Crippen molar-refractivity contribution in [3.05, 3.63) is 191 Å². The van der Waals surface area contributed by atoms with Crippen LogP contribution in [0.3, 0.4) is 0 Å². The van der Waals surface area contributed by atoms with Crippen LogP contribution in [0, 0.1) is 5.82 Å². The molecule has 0 saturated carbocycles. The number of aromatic nitrogens is 3. The van der Waals surface area contributed by atoms with Crippen LogP contribution >= 0.6 is 11.6 Å². The van der Waals surface area contributed by atoms with E-state index in [1.807, 2.05) is 95.6 Å². The van der Waals surface area contributed by atoms with Crippen LogP contribution in [0.4, 0.5) is 4.39 Å². The Labute approximate surface area is 237 Å². The van der Waals surface area contributed by atoms with Gasteiger partial charge in [-0.2, -0.15) is 0 Å². The summed E-state index contributed by atoms with van der Waals surface area (Å²) in [6.45, 7) is 0. The zero-order valence-corrected chi connectivity index (χ0v) is 22.2. The van der Waals surface area contributed by atoms with E-state index in [1.54, 1.807) is 43.0 Å². The first-order chi connectivity index (χ1) is 19.6. The second-order valence-corrected chi connectivity index (χ2v) is 9.89. The lowest BCUT2D eigenvalue weighted by Crippen LogP contribution is -2.43. The highest BCUT2D eigenvalue weighted by Gasteiger charge is 2.47. The normalized spacial score (nSPS) is 13.1. The molecule has 2 heterocycles. The molecule has 40 heavy (non-hydrogen) atoms. The third-order valence-electron chi connectivity index (χ3n) is 7.32. The molecule has 6 aromatic rings. The summed E-state index contributed by atoms with van der Waals surface area (Å²) >= 11 is 6.26. The van der Waals surface area contributed by atoms with Crippen LogP contribution in [-0.2, 0) is 11.1 Å². The lowest BCUT2D eigenvalue weighted by Gasteiger charge is -2.41. The molecule has 0 aliphatic rings. The number of pyridine rings is 1. The minimum absolute atomic E-state index is 0.0245. The van der Waals surface area contributed by atoms with Gasteiger partial charge < -0.3 is 9.67 Å². The van der Waals surface area contributed by atoms with Gasteiger partial charge in [-0.25, -0.2) is 9.37 Å². The van der Waals surface area contributed by atoms with Gasteiger partial charge in [0.15, 0.2) is 5.60 Å². The fourth-order valence-electron chi connectivity index (χ4n) is 5.55. The number of nitrogens with zero attached hydrogens (tertiary/aromatic N) is 3. The standard InChI is InChI=1S/C34H25ClFN3O/c35-29-20-12-19-28(32(29)36)34(40,30-21-10-11-22-38-30)31-23-37-24-39(31)33(25-13-4-1-5-14-25,26-15-6-2-7-16-26)27-17-8-3-9-18-27/h1-24,40H. The predicted molar refractivity (Wildman–Crippen MR) is 155 cm³/mol. The van der Waals surface area contributed by atoms with E-state index in [-0.39, 0.29) is 16.3 Å². The summed E-state index contributed by atoms with van der Waals surface area (Å²) in [4.78, 5) is 9.05. The quantitative estimate of drug-likeness (QED) is 0.216. The van der Waals surface area contributed by atoms with Gasteiger partial charge in [0.25, 0.3) is 0 Å². The van der Waals surface area contributed by atoms with Crippen LogP contribution < -0.4 is 0 Å². The third kappa shape index (κ3) is 4.02. The van der Waals surface area contributed by atoms with Crippen LogP contribution in [0.15, 0.2) is 146 Å². The molecule has 6 heteroatoms. The van der Waals surface area contributed by atoms with E-state index in [0.717, 1.165) is 16.7 Å². The molecule has 196 valence electrons. The molecule has 2 aromatic heterocycles. The highest BCUT2D eigenvalue weighted by molar-refractivity contribution is 6.30. The molecule has 0 aliphatic heterocycles. The van der Waals surface area contributed by atoms with Crippen molar-refractivity contribution in [2.45, 2.75) is 11.1 Å². The van der Waals surface area contributed by atoms with Crippen molar-refractivity contribution in [3.8, 4) is 0 Å². The molecule has 1 unspecified atom stereocenters. The maximum Gasteiger partial charge on any atom is 0.176 e. The molecule has 1 N–H and O–H groups in total. The van der Waals surface area contributed by atoms with Gasteiger partial charge in [-0.05, 0) is 34.9 Å². The number of benzene rings is 4. The van der Waals surface area contributed by atoms with E-state index in [9.17, 15) is 5.11 Å². The largest absolute Gasteiger partial charge is 0.373 e. The van der Waals surface area contributed by atoms with E-state index in [0.29, 0.717) is 5.69 Å². The Morgan fingerprint density at radius 3 is 1.75 bits per heavy atom. The van der Waals surface area contributed by atoms with Gasteiger partial charge in [-0.3, -0.25) is 4.98 Å². The van der Waals surface area contributed by atoms with Gasteiger partial charge in [0, 0.05) is 11.8 Å². The van der Waals surface area contributed by atoms with Crippen molar-refractivity contribution in [1.82, 2.24) is 14.5 Å². The van der Waals surface area contributed by atoms with Gasteiger partial charge >= 0.3 is 0 Å². The molecule has 0 radical (unpaired) electrons. The fourth-order valence-corrected chi connectivity index (χ4v) is 5.73. The molecule has 4 nitrogen and oxygen atoms in total. The monoisotopic (exact) mass is 545 g/mol. The van der Waals surface area contributed by atoms with Crippen LogP contribution in [0.25, 0.3) is 0 Å². The lowest BCUT2D eigenvalue weighted by molar-refractivity contribution is 0.104. The summed E-state index contributed by atoms with van der Waals surface area (Å²) in [5.74, 6) is -0.727. The highest BCUT2D eigenvalue weighted by atomic mass is 35.5. The van der Waals surface area contributed by atoms with Crippen molar-refractivity contribution in [1.29, 1.82) is 0 Å². The molecule has 4 aromatic carbocycles. The SMILES string of the molecule is OC(c1ccccn1)(c1cccc(Cl)c1F)c1cncn1C(c1ccccc1)(c1ccccc1)c1ccccc1. The fraction of sp³-hybridized carbons (Fsp3) is 0.0588. The molecule has 0 saturated heterocycles. The average molecular weight is 546 g/mol. The Morgan fingerprint density at radius 1 is 0.675 bits per heavy atom. The number of hydrogen-bond donors (Lipinski definition) is 1. The molecule has 0 spiro atoms. The molecule has 0 fully saturated rings. The van der Waals surface area contributed by atoms with Gasteiger partial charge in [0.1, 0.15) is 11.4 Å². The van der Waals surface area contributed by atoms with Crippen molar-refractivity contribution >= 4 is 11.6 Å². The maximum absolute atomic E-state index is 15.8. The summed E-state index contributed by atoms with van der Waals surface area (Å²) in [6.07, 6.45) is 4.82. The zero-order valence-electron chi connectivity index (χ0n) is 21.4. The Bertz CT molecular complexity index is 1630. The number of imidazole rings is 1. The number of hydrogen-bond acceptors (Lipinski definition) is 3. The van der Waals surface area contributed by atoms with Gasteiger partial charge in [-0.15, -0.1) is 0 Å². The van der Waals surface area contributed by atoms with Crippen molar-refractivity contribution in [2.24, 2.45) is 0 Å². The molecule has 0 aliphatic carbocycles. The maximum atomic E-state index is 15.8. The lowest BCUT2D eigenvalue weighted by atomic mass is 9.75. The van der Waals surface area contributed by atoms with Crippen molar-refractivity contribution in [2.75, 3.05) is 0 Å². The smallest absolute Gasteiger partial charge is 0.176 e. The minimum atomic E-state index is -2.05. The second-order valence-electron chi connectivity index (χ2n) is 9.48.